The topological polar surface area (TPSA) is 91.6 Å². The number of aryl methyl sites for hydroxylation is 2. The van der Waals surface area contributed by atoms with Gasteiger partial charge in [0.05, 0.1) is 21.6 Å². The number of anilines is 1. The molecular weight excluding hydrogens is 346 g/mol. The summed E-state index contributed by atoms with van der Waals surface area (Å²) in [5.41, 5.74) is 1.36. The Labute approximate surface area is 143 Å². The normalized spacial score (nSPS) is 13.4. The smallest absolute Gasteiger partial charge is 0.328 e. The monoisotopic (exact) mass is 361 g/mol. The summed E-state index contributed by atoms with van der Waals surface area (Å²) in [4.78, 5) is 12.1. The van der Waals surface area contributed by atoms with Gasteiger partial charge in [0.2, 0.25) is 6.79 Å². The quantitative estimate of drug-likeness (QED) is 0.761. The van der Waals surface area contributed by atoms with Gasteiger partial charge in [0.15, 0.2) is 11.5 Å². The fourth-order valence-electron chi connectivity index (χ4n) is 2.83. The fourth-order valence-corrected chi connectivity index (χ4v) is 3.90. The van der Waals surface area contributed by atoms with Gasteiger partial charge in [-0.15, -0.1) is 0 Å². The molecule has 25 heavy (non-hydrogen) atoms. The maximum absolute atomic E-state index is 12.7. The van der Waals surface area contributed by atoms with E-state index in [4.69, 9.17) is 9.47 Å². The lowest BCUT2D eigenvalue weighted by atomic mass is 10.3. The second-order valence-electron chi connectivity index (χ2n) is 5.72. The van der Waals surface area contributed by atoms with Gasteiger partial charge in [-0.1, -0.05) is 0 Å². The summed E-state index contributed by atoms with van der Waals surface area (Å²) in [5.74, 6) is 1.06. The van der Waals surface area contributed by atoms with Crippen molar-refractivity contribution in [2.24, 2.45) is 14.1 Å². The summed E-state index contributed by atoms with van der Waals surface area (Å²) in [6, 6.07) is 9.37. The molecule has 1 aliphatic rings. The Morgan fingerprint density at radius 2 is 1.68 bits per heavy atom. The van der Waals surface area contributed by atoms with E-state index < -0.39 is 10.0 Å². The molecule has 0 saturated carbocycles. The minimum absolute atomic E-state index is 0.0684. The Morgan fingerprint density at radius 1 is 0.960 bits per heavy atom. The van der Waals surface area contributed by atoms with Crippen LogP contribution in [0.25, 0.3) is 11.0 Å². The van der Waals surface area contributed by atoms with Crippen LogP contribution in [-0.2, 0) is 24.1 Å². The first-order valence-electron chi connectivity index (χ1n) is 7.45. The van der Waals surface area contributed by atoms with Gasteiger partial charge >= 0.3 is 5.69 Å². The third-order valence-corrected chi connectivity index (χ3v) is 5.56. The summed E-state index contributed by atoms with van der Waals surface area (Å²) in [6.07, 6.45) is 0. The number of benzene rings is 2. The van der Waals surface area contributed by atoms with Crippen molar-refractivity contribution in [3.63, 3.8) is 0 Å². The number of aromatic nitrogens is 2. The molecule has 1 aromatic heterocycles. The van der Waals surface area contributed by atoms with Gasteiger partial charge in [0.1, 0.15) is 0 Å². The highest BCUT2D eigenvalue weighted by molar-refractivity contribution is 7.92. The minimum Gasteiger partial charge on any atom is -0.454 e. The van der Waals surface area contributed by atoms with Crippen LogP contribution in [0, 0.1) is 0 Å². The molecule has 1 aliphatic heterocycles. The number of fused-ring (bicyclic) bond motifs is 2. The van der Waals surface area contributed by atoms with E-state index in [9.17, 15) is 13.2 Å². The number of hydrogen-bond donors (Lipinski definition) is 1. The van der Waals surface area contributed by atoms with E-state index in [-0.39, 0.29) is 17.4 Å². The SMILES string of the molecule is Cn1c(=O)n(C)c2cc(S(=O)(=O)Nc3ccc4c(c3)OCO4)ccc21. The highest BCUT2D eigenvalue weighted by Gasteiger charge is 2.19. The van der Waals surface area contributed by atoms with Crippen LogP contribution in [0.4, 0.5) is 5.69 Å². The second-order valence-corrected chi connectivity index (χ2v) is 7.41. The highest BCUT2D eigenvalue weighted by atomic mass is 32.2. The molecule has 0 radical (unpaired) electrons. The number of nitrogens with zero attached hydrogens (tertiary/aromatic N) is 2. The molecule has 2 aromatic carbocycles. The molecule has 0 amide bonds. The van der Waals surface area contributed by atoms with Crippen molar-refractivity contribution in [3.8, 4) is 11.5 Å². The van der Waals surface area contributed by atoms with Crippen LogP contribution in [0.3, 0.4) is 0 Å². The van der Waals surface area contributed by atoms with Crippen molar-refractivity contribution in [3.05, 3.63) is 46.9 Å². The molecule has 130 valence electrons. The van der Waals surface area contributed by atoms with Gasteiger partial charge in [-0.2, -0.15) is 0 Å². The van der Waals surface area contributed by atoms with Crippen LogP contribution in [0.1, 0.15) is 0 Å². The van der Waals surface area contributed by atoms with E-state index in [0.29, 0.717) is 28.2 Å². The zero-order valence-corrected chi connectivity index (χ0v) is 14.3. The minimum atomic E-state index is -3.81. The molecule has 0 unspecified atom stereocenters. The average Bonchev–Trinajstić information content (AvgIpc) is 3.13. The van der Waals surface area contributed by atoms with Crippen molar-refractivity contribution in [1.82, 2.24) is 9.13 Å². The molecule has 2 heterocycles. The van der Waals surface area contributed by atoms with Gasteiger partial charge in [0, 0.05) is 20.2 Å². The number of nitrogens with one attached hydrogen (secondary N) is 1. The average molecular weight is 361 g/mol. The van der Waals surface area contributed by atoms with E-state index in [2.05, 4.69) is 4.72 Å². The largest absolute Gasteiger partial charge is 0.454 e. The Kier molecular flexibility index (Phi) is 3.29. The molecule has 4 rings (SSSR count). The molecule has 0 bridgehead atoms. The third kappa shape index (κ3) is 2.43. The number of ether oxygens (including phenoxy) is 2. The lowest BCUT2D eigenvalue weighted by Crippen LogP contribution is -2.19. The van der Waals surface area contributed by atoms with Crippen LogP contribution in [0.5, 0.6) is 11.5 Å². The number of hydrogen-bond acceptors (Lipinski definition) is 5. The van der Waals surface area contributed by atoms with E-state index in [1.165, 1.54) is 21.3 Å². The van der Waals surface area contributed by atoms with Gasteiger partial charge in [0.25, 0.3) is 10.0 Å². The highest BCUT2D eigenvalue weighted by Crippen LogP contribution is 2.34. The molecule has 9 heteroatoms. The molecule has 0 aliphatic carbocycles. The van der Waals surface area contributed by atoms with E-state index in [1.54, 1.807) is 38.4 Å². The number of sulfonamides is 1. The maximum atomic E-state index is 12.7. The summed E-state index contributed by atoms with van der Waals surface area (Å²) < 4.78 is 41.2. The zero-order chi connectivity index (χ0) is 17.8. The van der Waals surface area contributed by atoms with Gasteiger partial charge in [-0.25, -0.2) is 13.2 Å². The first-order valence-corrected chi connectivity index (χ1v) is 8.93. The molecule has 0 spiro atoms. The van der Waals surface area contributed by atoms with Crippen LogP contribution in [0.2, 0.25) is 0 Å². The predicted molar refractivity (Wildman–Crippen MR) is 91.5 cm³/mol. The van der Waals surface area contributed by atoms with Gasteiger partial charge in [-0.05, 0) is 30.3 Å². The summed E-state index contributed by atoms with van der Waals surface area (Å²) in [6.45, 7) is 0.115. The van der Waals surface area contributed by atoms with Gasteiger partial charge in [-0.3, -0.25) is 13.9 Å². The third-order valence-electron chi connectivity index (χ3n) is 4.18. The van der Waals surface area contributed by atoms with Crippen molar-refractivity contribution in [2.75, 3.05) is 11.5 Å². The summed E-state index contributed by atoms with van der Waals surface area (Å²) >= 11 is 0. The Morgan fingerprint density at radius 3 is 2.48 bits per heavy atom. The molecule has 3 aromatic rings. The van der Waals surface area contributed by atoms with Crippen molar-refractivity contribution < 1.29 is 17.9 Å². The fraction of sp³-hybridized carbons (Fsp3) is 0.188. The number of rotatable bonds is 3. The second kappa shape index (κ2) is 5.28. The maximum Gasteiger partial charge on any atom is 0.328 e. The van der Waals surface area contributed by atoms with Crippen molar-refractivity contribution >= 4 is 26.7 Å². The summed E-state index contributed by atoms with van der Waals surface area (Å²) in [7, 11) is -0.568. The number of imidazole rings is 1. The molecule has 8 nitrogen and oxygen atoms in total. The van der Waals surface area contributed by atoms with Crippen LogP contribution < -0.4 is 19.9 Å². The van der Waals surface area contributed by atoms with Crippen molar-refractivity contribution in [1.29, 1.82) is 0 Å². The van der Waals surface area contributed by atoms with E-state index >= 15 is 0 Å². The van der Waals surface area contributed by atoms with Crippen LogP contribution >= 0.6 is 0 Å². The predicted octanol–water partition coefficient (Wildman–Crippen LogP) is 1.41. The molecule has 0 fully saturated rings. The lowest BCUT2D eigenvalue weighted by Gasteiger charge is -2.09. The molecule has 1 N–H and O–H groups in total. The first kappa shape index (κ1) is 15.6. The Bertz CT molecular complexity index is 1160. The Balaban J connectivity index is 1.74. The first-order chi connectivity index (χ1) is 11.9. The Hall–Kier alpha value is -2.94. The van der Waals surface area contributed by atoms with E-state index in [0.717, 1.165) is 0 Å². The molecular formula is C16H15N3O5S. The summed E-state index contributed by atoms with van der Waals surface area (Å²) in [5, 5.41) is 0. The van der Waals surface area contributed by atoms with Crippen LogP contribution in [-0.4, -0.2) is 24.3 Å². The molecule has 0 saturated heterocycles. The standard InChI is InChI=1S/C16H15N3O5S/c1-18-12-5-4-11(8-13(12)19(2)16(18)20)25(21,22)17-10-3-6-14-15(7-10)24-9-23-14/h3-8,17H,9H2,1-2H3. The van der Waals surface area contributed by atoms with Crippen LogP contribution in [0.15, 0.2) is 46.1 Å². The van der Waals surface area contributed by atoms with Crippen molar-refractivity contribution in [2.45, 2.75) is 4.90 Å². The zero-order valence-electron chi connectivity index (χ0n) is 13.5. The molecule has 0 atom stereocenters. The van der Waals surface area contributed by atoms with E-state index in [1.807, 2.05) is 0 Å². The lowest BCUT2D eigenvalue weighted by molar-refractivity contribution is 0.174. The van der Waals surface area contributed by atoms with Gasteiger partial charge < -0.3 is 9.47 Å².